The van der Waals surface area contributed by atoms with Crippen LogP contribution in [0.25, 0.3) is 0 Å². The van der Waals surface area contributed by atoms with Crippen LogP contribution < -0.4 is 11.2 Å². The Bertz CT molecular complexity index is 555. The van der Waals surface area contributed by atoms with E-state index in [9.17, 15) is 4.79 Å². The number of ether oxygens (including phenoxy) is 1. The molecule has 0 bridgehead atoms. The summed E-state index contributed by atoms with van der Waals surface area (Å²) in [6.45, 7) is 14.1. The third-order valence-electron chi connectivity index (χ3n) is 2.50. The molecule has 0 saturated heterocycles. The molecule has 1 aromatic rings. The third kappa shape index (κ3) is 16.4. The second-order valence-electron chi connectivity index (χ2n) is 4.99. The predicted octanol–water partition coefficient (Wildman–Crippen LogP) is 6.91. The number of nitrogens with two attached hydrogens (primary N) is 1. The molecule has 160 valence electrons. The summed E-state index contributed by atoms with van der Waals surface area (Å²) in [6, 6.07) is 6.96. The maximum atomic E-state index is 11.4. The van der Waals surface area contributed by atoms with Gasteiger partial charge in [0.05, 0.1) is 11.4 Å². The number of unbranched alkanes of at least 4 members (excludes halogenated alkanes) is 1. The number of benzene rings is 1. The van der Waals surface area contributed by atoms with Crippen molar-refractivity contribution in [1.82, 2.24) is 0 Å². The molecular formula is C20H35N3O3S2. The summed E-state index contributed by atoms with van der Waals surface area (Å²) in [5, 5.41) is 0.876. The normalized spacial score (nSPS) is 9.82. The molecule has 1 aromatic carbocycles. The fraction of sp³-hybridized carbons (Fsp3) is 0.500. The maximum absolute atomic E-state index is 11.4. The number of hydrogen-bond donors (Lipinski definition) is 2. The van der Waals surface area contributed by atoms with E-state index < -0.39 is 6.16 Å². The Hall–Kier alpha value is -1.80. The van der Waals surface area contributed by atoms with Crippen molar-refractivity contribution in [3.8, 4) is 0 Å². The average Bonchev–Trinajstić information content (AvgIpc) is 2.71. The molecule has 3 N–H and O–H groups in total. The first-order valence-corrected chi connectivity index (χ1v) is 11.8. The molecular weight excluding hydrogens is 394 g/mol. The van der Waals surface area contributed by atoms with Crippen molar-refractivity contribution < 1.29 is 14.4 Å². The average molecular weight is 430 g/mol. The highest BCUT2D eigenvalue weighted by Crippen LogP contribution is 2.30. The first kappa shape index (κ1) is 28.4. The van der Waals surface area contributed by atoms with Crippen LogP contribution >= 0.6 is 21.6 Å². The Balaban J connectivity index is 0. The van der Waals surface area contributed by atoms with Crippen molar-refractivity contribution >= 4 is 45.8 Å². The Morgan fingerprint density at radius 1 is 1.29 bits per heavy atom. The molecule has 0 saturated carbocycles. The summed E-state index contributed by atoms with van der Waals surface area (Å²) in [6.07, 6.45) is 4.52. The van der Waals surface area contributed by atoms with Crippen LogP contribution in [0.1, 0.15) is 53.9 Å². The minimum Gasteiger partial charge on any atom is -0.432 e. The van der Waals surface area contributed by atoms with E-state index in [4.69, 9.17) is 15.3 Å². The Kier molecular flexibility index (Phi) is 21.8. The van der Waals surface area contributed by atoms with Crippen LogP contribution in [0.2, 0.25) is 0 Å². The van der Waals surface area contributed by atoms with Gasteiger partial charge in [-0.3, -0.25) is 4.99 Å². The summed E-state index contributed by atoms with van der Waals surface area (Å²) in [5.41, 5.74) is 9.16. The Labute approximate surface area is 178 Å². The zero-order valence-electron chi connectivity index (χ0n) is 17.7. The highest BCUT2D eigenvalue weighted by atomic mass is 33.1. The topological polar surface area (TPSA) is 85.9 Å². The van der Waals surface area contributed by atoms with Gasteiger partial charge in [-0.15, -0.1) is 0 Å². The molecule has 0 aromatic heterocycles. The molecule has 0 spiro atoms. The van der Waals surface area contributed by atoms with Crippen LogP contribution in [-0.4, -0.2) is 25.2 Å². The fourth-order valence-corrected chi connectivity index (χ4v) is 3.14. The number of nitrogens with one attached hydrogen (secondary N) is 1. The van der Waals surface area contributed by atoms with Gasteiger partial charge < -0.3 is 15.3 Å². The number of aliphatic imine (C=N–C) groups is 1. The molecule has 8 heteroatoms. The van der Waals surface area contributed by atoms with Gasteiger partial charge in [-0.2, -0.15) is 0 Å². The molecule has 0 aliphatic rings. The van der Waals surface area contributed by atoms with Crippen molar-refractivity contribution in [2.24, 2.45) is 4.99 Å². The number of allylic oxidation sites excluding steroid dienone is 1. The van der Waals surface area contributed by atoms with Crippen LogP contribution in [0.5, 0.6) is 0 Å². The quantitative estimate of drug-likeness (QED) is 0.104. The molecule has 0 aliphatic carbocycles. The minimum atomic E-state index is -0.803. The molecule has 0 heterocycles. The van der Waals surface area contributed by atoms with E-state index in [0.29, 0.717) is 17.1 Å². The van der Waals surface area contributed by atoms with Gasteiger partial charge in [-0.25, -0.2) is 10.3 Å². The summed E-state index contributed by atoms with van der Waals surface area (Å²) < 4.78 is 4.94. The van der Waals surface area contributed by atoms with Gasteiger partial charge in [0, 0.05) is 5.75 Å². The van der Waals surface area contributed by atoms with Crippen molar-refractivity contribution in [2.75, 3.05) is 23.6 Å². The first-order valence-electron chi connectivity index (χ1n) is 9.49. The van der Waals surface area contributed by atoms with Crippen molar-refractivity contribution in [1.29, 1.82) is 0 Å². The van der Waals surface area contributed by atoms with E-state index in [-0.39, 0.29) is 6.61 Å². The minimum absolute atomic E-state index is 0.237. The number of para-hydroxylation sites is 2. The highest BCUT2D eigenvalue weighted by Gasteiger charge is 2.06. The summed E-state index contributed by atoms with van der Waals surface area (Å²) >= 11 is 0. The Morgan fingerprint density at radius 3 is 2.50 bits per heavy atom. The number of nitrogen functional groups attached to an aromatic ring is 1. The Morgan fingerprint density at radius 2 is 1.93 bits per heavy atom. The van der Waals surface area contributed by atoms with E-state index in [1.165, 1.54) is 28.0 Å². The van der Waals surface area contributed by atoms with Gasteiger partial charge in [0.2, 0.25) is 0 Å². The van der Waals surface area contributed by atoms with Crippen LogP contribution in [0.15, 0.2) is 40.4 Å². The van der Waals surface area contributed by atoms with Gasteiger partial charge in [0.1, 0.15) is 11.6 Å². The monoisotopic (exact) mass is 429 g/mol. The second kappa shape index (κ2) is 21.5. The number of rotatable bonds is 10. The van der Waals surface area contributed by atoms with Gasteiger partial charge >= 0.3 is 6.16 Å². The SMILES string of the molecule is C=N/C(=C\CCC)SSCCOC(=O)ONc1ccccc1N.CC.CCC. The number of hydrogen-bond acceptors (Lipinski definition) is 8. The lowest BCUT2D eigenvalue weighted by atomic mass is 10.3. The number of anilines is 2. The van der Waals surface area contributed by atoms with E-state index in [1.54, 1.807) is 24.3 Å². The summed E-state index contributed by atoms with van der Waals surface area (Å²) in [7, 11) is 3.05. The van der Waals surface area contributed by atoms with Gasteiger partial charge in [0.25, 0.3) is 0 Å². The molecule has 0 unspecified atom stereocenters. The zero-order valence-corrected chi connectivity index (χ0v) is 19.3. The van der Waals surface area contributed by atoms with Crippen LogP contribution in [0, 0.1) is 0 Å². The first-order chi connectivity index (χ1) is 13.6. The van der Waals surface area contributed by atoms with Crippen molar-refractivity contribution in [3.05, 3.63) is 35.4 Å². The number of carbonyl (C=O) groups excluding carboxylic acids is 1. The number of nitrogens with zero attached hydrogens (tertiary/aromatic N) is 1. The van der Waals surface area contributed by atoms with E-state index >= 15 is 0 Å². The highest BCUT2D eigenvalue weighted by molar-refractivity contribution is 8.78. The summed E-state index contributed by atoms with van der Waals surface area (Å²) in [4.78, 5) is 20.1. The molecule has 1 rings (SSSR count). The van der Waals surface area contributed by atoms with Crippen LogP contribution in [0.3, 0.4) is 0 Å². The second-order valence-corrected chi connectivity index (χ2v) is 7.43. The molecule has 0 atom stereocenters. The van der Waals surface area contributed by atoms with Crippen LogP contribution in [-0.2, 0) is 9.57 Å². The van der Waals surface area contributed by atoms with Crippen molar-refractivity contribution in [3.63, 3.8) is 0 Å². The number of carbonyl (C=O) groups is 1. The van der Waals surface area contributed by atoms with Gasteiger partial charge in [-0.05, 0) is 36.1 Å². The lowest BCUT2D eigenvalue weighted by molar-refractivity contribution is 0.0771. The molecule has 0 radical (unpaired) electrons. The standard InChI is InChI=1S/C15H21N3O3S2.C3H8.C2H6/c1-3-4-9-14(17-2)23-22-11-10-20-15(19)21-18-13-8-6-5-7-12(13)16;1-3-2;1-2/h5-9,18H,2-4,10-11,16H2,1H3;3H2,1-2H3;1-2H3/b14-9+;;. The van der Waals surface area contributed by atoms with Gasteiger partial charge in [-0.1, -0.05) is 76.5 Å². The smallest absolute Gasteiger partial charge is 0.432 e. The largest absolute Gasteiger partial charge is 0.533 e. The predicted molar refractivity (Wildman–Crippen MR) is 127 cm³/mol. The molecule has 0 amide bonds. The molecule has 6 nitrogen and oxygen atoms in total. The summed E-state index contributed by atoms with van der Waals surface area (Å²) in [5.74, 6) is 0.617. The fourth-order valence-electron chi connectivity index (χ4n) is 1.37. The van der Waals surface area contributed by atoms with Gasteiger partial charge in [0.15, 0.2) is 0 Å². The van der Waals surface area contributed by atoms with Crippen molar-refractivity contribution in [2.45, 2.75) is 53.9 Å². The molecule has 28 heavy (non-hydrogen) atoms. The maximum Gasteiger partial charge on any atom is 0.533 e. The molecule has 0 fully saturated rings. The lowest BCUT2D eigenvalue weighted by Crippen LogP contribution is -2.14. The zero-order chi connectivity index (χ0) is 21.6. The van der Waals surface area contributed by atoms with Crippen LogP contribution in [0.4, 0.5) is 16.2 Å². The lowest BCUT2D eigenvalue weighted by Gasteiger charge is -2.09. The van der Waals surface area contributed by atoms with E-state index in [1.807, 2.05) is 19.9 Å². The third-order valence-corrected chi connectivity index (χ3v) is 4.78. The van der Waals surface area contributed by atoms with E-state index in [0.717, 1.165) is 17.9 Å². The van der Waals surface area contributed by atoms with E-state index in [2.05, 4.69) is 38.0 Å². The molecule has 0 aliphatic heterocycles.